The number of benzene rings is 1. The summed E-state index contributed by atoms with van der Waals surface area (Å²) in [6, 6.07) is 11.7. The summed E-state index contributed by atoms with van der Waals surface area (Å²) in [5.41, 5.74) is 8.08. The normalized spacial score (nSPS) is 10.8. The Kier molecular flexibility index (Phi) is 9.42. The highest BCUT2D eigenvalue weighted by molar-refractivity contribution is 5.95. The summed E-state index contributed by atoms with van der Waals surface area (Å²) < 4.78 is 0. The topological polar surface area (TPSA) is 68.0 Å². The van der Waals surface area contributed by atoms with Crippen LogP contribution >= 0.6 is 24.8 Å². The Labute approximate surface area is 143 Å². The number of carbonyl (C=O) groups is 1. The molecule has 0 radical (unpaired) electrons. The predicted molar refractivity (Wildman–Crippen MR) is 94.7 cm³/mol. The Morgan fingerprint density at radius 1 is 1.18 bits per heavy atom. The molecule has 120 valence electrons. The zero-order valence-corrected chi connectivity index (χ0v) is 14.0. The maximum Gasteiger partial charge on any atom is 0.252 e. The predicted octanol–water partition coefficient (Wildman–Crippen LogP) is 2.92. The van der Waals surface area contributed by atoms with Gasteiger partial charge in [-0.1, -0.05) is 37.3 Å². The Balaban J connectivity index is 0.00000220. The maximum atomic E-state index is 12.1. The summed E-state index contributed by atoms with van der Waals surface area (Å²) in [7, 11) is 0. The third-order valence-electron chi connectivity index (χ3n) is 3.12. The van der Waals surface area contributed by atoms with Gasteiger partial charge in [-0.3, -0.25) is 9.78 Å². The third-order valence-corrected chi connectivity index (χ3v) is 3.12. The number of nitrogens with zero attached hydrogens (tertiary/aromatic N) is 1. The molecule has 2 aromatic rings. The maximum absolute atomic E-state index is 12.1. The van der Waals surface area contributed by atoms with Gasteiger partial charge in [0.05, 0.1) is 5.56 Å². The van der Waals surface area contributed by atoms with Crippen LogP contribution in [0, 0.1) is 5.92 Å². The number of amides is 1. The molecule has 1 aromatic carbocycles. The molecule has 1 atom stereocenters. The van der Waals surface area contributed by atoms with Gasteiger partial charge in [0, 0.05) is 24.5 Å². The molecule has 2 rings (SSSR count). The Hall–Kier alpha value is -1.62. The van der Waals surface area contributed by atoms with Gasteiger partial charge in [0.2, 0.25) is 0 Å². The molecule has 0 saturated carbocycles. The van der Waals surface area contributed by atoms with Crippen LogP contribution in [-0.2, 0) is 0 Å². The van der Waals surface area contributed by atoms with E-state index in [9.17, 15) is 4.79 Å². The minimum atomic E-state index is -0.115. The molecule has 3 N–H and O–H groups in total. The van der Waals surface area contributed by atoms with Crippen molar-refractivity contribution in [2.24, 2.45) is 11.7 Å². The van der Waals surface area contributed by atoms with Gasteiger partial charge in [0.25, 0.3) is 5.91 Å². The van der Waals surface area contributed by atoms with E-state index in [2.05, 4.69) is 10.3 Å². The Morgan fingerprint density at radius 2 is 1.86 bits per heavy atom. The van der Waals surface area contributed by atoms with E-state index in [0.717, 1.165) is 11.1 Å². The zero-order chi connectivity index (χ0) is 14.4. The smallest absolute Gasteiger partial charge is 0.252 e. The molecule has 4 nitrogen and oxygen atoms in total. The number of halogens is 2. The number of aromatic nitrogens is 1. The first-order valence-electron chi connectivity index (χ1n) is 6.69. The van der Waals surface area contributed by atoms with Crippen LogP contribution in [0.2, 0.25) is 0 Å². The summed E-state index contributed by atoms with van der Waals surface area (Å²) >= 11 is 0. The molecular weight excluding hydrogens is 321 g/mol. The molecule has 22 heavy (non-hydrogen) atoms. The van der Waals surface area contributed by atoms with Crippen molar-refractivity contribution in [2.45, 2.75) is 6.92 Å². The zero-order valence-electron chi connectivity index (χ0n) is 12.4. The van der Waals surface area contributed by atoms with Crippen molar-refractivity contribution < 1.29 is 4.79 Å². The highest BCUT2D eigenvalue weighted by Gasteiger charge is 2.09. The first-order valence-corrected chi connectivity index (χ1v) is 6.69. The van der Waals surface area contributed by atoms with Gasteiger partial charge in [0.1, 0.15) is 0 Å². The van der Waals surface area contributed by atoms with Crippen LogP contribution in [0.4, 0.5) is 0 Å². The standard InChI is InChI=1S/C16H19N3O.2ClH/c1-12(8-17)9-19-16(20)15-7-14(10-18-11-15)13-5-3-2-4-6-13;;/h2-7,10-12H,8-9,17H2,1H3,(H,19,20);2*1H. The van der Waals surface area contributed by atoms with E-state index >= 15 is 0 Å². The average molecular weight is 342 g/mol. The minimum absolute atomic E-state index is 0. The van der Waals surface area contributed by atoms with Crippen LogP contribution in [0.1, 0.15) is 17.3 Å². The van der Waals surface area contributed by atoms with Gasteiger partial charge in [-0.05, 0) is 24.1 Å². The van der Waals surface area contributed by atoms with Gasteiger partial charge in [-0.2, -0.15) is 0 Å². The number of nitrogens with one attached hydrogen (secondary N) is 1. The van der Waals surface area contributed by atoms with Gasteiger partial charge in [-0.15, -0.1) is 24.8 Å². The molecule has 1 heterocycles. The molecule has 0 spiro atoms. The van der Waals surface area contributed by atoms with Gasteiger partial charge >= 0.3 is 0 Å². The van der Waals surface area contributed by atoms with Crippen molar-refractivity contribution >= 4 is 30.7 Å². The van der Waals surface area contributed by atoms with E-state index in [-0.39, 0.29) is 36.6 Å². The van der Waals surface area contributed by atoms with Crippen molar-refractivity contribution in [3.05, 3.63) is 54.4 Å². The molecule has 0 fully saturated rings. The van der Waals surface area contributed by atoms with E-state index in [0.29, 0.717) is 18.7 Å². The number of hydrogen-bond donors (Lipinski definition) is 2. The monoisotopic (exact) mass is 341 g/mol. The lowest BCUT2D eigenvalue weighted by molar-refractivity contribution is 0.0948. The third kappa shape index (κ3) is 5.64. The molecule has 0 aliphatic rings. The van der Waals surface area contributed by atoms with Crippen LogP contribution in [0.25, 0.3) is 11.1 Å². The van der Waals surface area contributed by atoms with Gasteiger partial charge in [0.15, 0.2) is 0 Å². The molecule has 0 saturated heterocycles. The van der Waals surface area contributed by atoms with Crippen LogP contribution in [-0.4, -0.2) is 24.0 Å². The molecule has 0 bridgehead atoms. The lowest BCUT2D eigenvalue weighted by Crippen LogP contribution is -2.31. The Bertz CT molecular complexity index is 579. The molecule has 0 aliphatic heterocycles. The first kappa shape index (κ1) is 20.4. The molecule has 1 amide bonds. The number of rotatable bonds is 5. The Morgan fingerprint density at radius 3 is 2.50 bits per heavy atom. The van der Waals surface area contributed by atoms with Gasteiger partial charge < -0.3 is 11.1 Å². The van der Waals surface area contributed by atoms with Crippen LogP contribution in [0.5, 0.6) is 0 Å². The highest BCUT2D eigenvalue weighted by atomic mass is 35.5. The summed E-state index contributed by atoms with van der Waals surface area (Å²) in [5.74, 6) is 0.153. The van der Waals surface area contributed by atoms with Crippen LogP contribution < -0.4 is 11.1 Å². The van der Waals surface area contributed by atoms with E-state index in [1.807, 2.05) is 43.3 Å². The van der Waals surface area contributed by atoms with Crippen molar-refractivity contribution in [3.63, 3.8) is 0 Å². The largest absolute Gasteiger partial charge is 0.352 e. The van der Waals surface area contributed by atoms with Crippen molar-refractivity contribution in [3.8, 4) is 11.1 Å². The van der Waals surface area contributed by atoms with E-state index in [1.54, 1.807) is 12.4 Å². The van der Waals surface area contributed by atoms with E-state index in [1.165, 1.54) is 0 Å². The fourth-order valence-corrected chi connectivity index (χ4v) is 1.80. The van der Waals surface area contributed by atoms with E-state index < -0.39 is 0 Å². The fourth-order valence-electron chi connectivity index (χ4n) is 1.80. The number of carbonyl (C=O) groups excluding carboxylic acids is 1. The van der Waals surface area contributed by atoms with Crippen molar-refractivity contribution in [1.29, 1.82) is 0 Å². The second kappa shape index (κ2) is 10.2. The second-order valence-electron chi connectivity index (χ2n) is 4.88. The van der Waals surface area contributed by atoms with Gasteiger partial charge in [-0.25, -0.2) is 0 Å². The summed E-state index contributed by atoms with van der Waals surface area (Å²) in [4.78, 5) is 16.2. The average Bonchev–Trinajstić information content (AvgIpc) is 2.53. The minimum Gasteiger partial charge on any atom is -0.352 e. The SMILES string of the molecule is CC(CN)CNC(=O)c1cncc(-c2ccccc2)c1.Cl.Cl. The molecular formula is C16H21Cl2N3O. The second-order valence-corrected chi connectivity index (χ2v) is 4.88. The lowest BCUT2D eigenvalue weighted by Gasteiger charge is -2.10. The quantitative estimate of drug-likeness (QED) is 0.878. The molecule has 1 unspecified atom stereocenters. The fraction of sp³-hybridized carbons (Fsp3) is 0.250. The summed E-state index contributed by atoms with van der Waals surface area (Å²) in [5, 5.41) is 2.87. The van der Waals surface area contributed by atoms with Crippen LogP contribution in [0.15, 0.2) is 48.8 Å². The first-order chi connectivity index (χ1) is 9.70. The molecule has 6 heteroatoms. The summed E-state index contributed by atoms with van der Waals surface area (Å²) in [6.07, 6.45) is 3.34. The lowest BCUT2D eigenvalue weighted by atomic mass is 10.1. The highest BCUT2D eigenvalue weighted by Crippen LogP contribution is 2.18. The van der Waals surface area contributed by atoms with Crippen molar-refractivity contribution in [2.75, 3.05) is 13.1 Å². The summed E-state index contributed by atoms with van der Waals surface area (Å²) in [6.45, 7) is 3.13. The molecule has 0 aliphatic carbocycles. The number of nitrogens with two attached hydrogens (primary N) is 1. The number of hydrogen-bond acceptors (Lipinski definition) is 3. The molecule has 1 aromatic heterocycles. The van der Waals surface area contributed by atoms with Crippen LogP contribution in [0.3, 0.4) is 0 Å². The number of pyridine rings is 1. The van der Waals surface area contributed by atoms with E-state index in [4.69, 9.17) is 5.73 Å². The van der Waals surface area contributed by atoms with Crippen molar-refractivity contribution in [1.82, 2.24) is 10.3 Å².